The number of amides is 1. The Hall–Kier alpha value is -1.85. The van der Waals surface area contributed by atoms with Crippen LogP contribution in [0.4, 0.5) is 0 Å². The summed E-state index contributed by atoms with van der Waals surface area (Å²) in [4.78, 5) is 13.7. The van der Waals surface area contributed by atoms with Crippen LogP contribution in [0.25, 0.3) is 6.08 Å². The fourth-order valence-corrected chi connectivity index (χ4v) is 1.64. The molecule has 0 atom stereocenters. The van der Waals surface area contributed by atoms with Crippen LogP contribution in [0, 0.1) is 0 Å². The van der Waals surface area contributed by atoms with E-state index >= 15 is 0 Å². The van der Waals surface area contributed by atoms with E-state index in [-0.39, 0.29) is 12.7 Å². The fraction of sp³-hybridized carbons (Fsp3) is 0.438. The molecule has 1 N–H and O–H groups in total. The van der Waals surface area contributed by atoms with Crippen LogP contribution in [-0.4, -0.2) is 51.9 Å². The molecule has 5 nitrogen and oxygen atoms in total. The van der Waals surface area contributed by atoms with E-state index in [1.54, 1.807) is 19.3 Å². The molecule has 0 radical (unpaired) electrons. The molecular formula is C16H24N2O3. The van der Waals surface area contributed by atoms with E-state index in [1.165, 1.54) is 0 Å². The third-order valence-corrected chi connectivity index (χ3v) is 2.73. The lowest BCUT2D eigenvalue weighted by Crippen LogP contribution is -2.25. The summed E-state index contributed by atoms with van der Waals surface area (Å²) < 4.78 is 10.1. The minimum atomic E-state index is -0.0755. The van der Waals surface area contributed by atoms with Crippen LogP contribution in [0.15, 0.2) is 30.3 Å². The Morgan fingerprint density at radius 2 is 2.00 bits per heavy atom. The number of hydrogen-bond donors (Lipinski definition) is 1. The molecule has 0 saturated carbocycles. The molecule has 0 heterocycles. The van der Waals surface area contributed by atoms with Gasteiger partial charge < -0.3 is 19.7 Å². The predicted octanol–water partition coefficient (Wildman–Crippen LogP) is 1.75. The first-order valence-electron chi connectivity index (χ1n) is 6.94. The number of nitrogens with one attached hydrogen (secondary N) is 1. The van der Waals surface area contributed by atoms with Crippen molar-refractivity contribution in [1.29, 1.82) is 0 Å². The lowest BCUT2D eigenvalue weighted by Gasteiger charge is -2.08. The SMILES string of the molecule is COCOc1ccc(/C=C/C(=O)NCCCN(C)C)cc1. The average molecular weight is 292 g/mol. The Bertz CT molecular complexity index is 441. The molecule has 1 rings (SSSR count). The van der Waals surface area contributed by atoms with Crippen molar-refractivity contribution < 1.29 is 14.3 Å². The first-order valence-corrected chi connectivity index (χ1v) is 6.94. The highest BCUT2D eigenvalue weighted by Gasteiger charge is 1.97. The summed E-state index contributed by atoms with van der Waals surface area (Å²) in [5.74, 6) is 0.663. The van der Waals surface area contributed by atoms with Crippen molar-refractivity contribution in [3.05, 3.63) is 35.9 Å². The summed E-state index contributed by atoms with van der Waals surface area (Å²) in [5, 5.41) is 2.85. The van der Waals surface area contributed by atoms with Crippen LogP contribution in [-0.2, 0) is 9.53 Å². The van der Waals surface area contributed by atoms with Crippen molar-refractivity contribution in [1.82, 2.24) is 10.2 Å². The fourth-order valence-electron chi connectivity index (χ4n) is 1.64. The Kier molecular flexibility index (Phi) is 8.16. The van der Waals surface area contributed by atoms with Gasteiger partial charge in [-0.2, -0.15) is 0 Å². The maximum absolute atomic E-state index is 11.6. The molecule has 5 heteroatoms. The molecule has 21 heavy (non-hydrogen) atoms. The third kappa shape index (κ3) is 8.12. The maximum atomic E-state index is 11.6. The van der Waals surface area contributed by atoms with Crippen molar-refractivity contribution in [2.45, 2.75) is 6.42 Å². The van der Waals surface area contributed by atoms with Crippen LogP contribution >= 0.6 is 0 Å². The summed E-state index contributed by atoms with van der Waals surface area (Å²) in [7, 11) is 5.61. The largest absolute Gasteiger partial charge is 0.468 e. The van der Waals surface area contributed by atoms with Crippen molar-refractivity contribution in [3.8, 4) is 5.75 Å². The molecule has 0 fully saturated rings. The summed E-state index contributed by atoms with van der Waals surface area (Å²) in [6.45, 7) is 1.88. The van der Waals surface area contributed by atoms with Crippen molar-refractivity contribution in [3.63, 3.8) is 0 Å². The number of rotatable bonds is 9. The highest BCUT2D eigenvalue weighted by Crippen LogP contribution is 2.13. The monoisotopic (exact) mass is 292 g/mol. The average Bonchev–Trinajstić information content (AvgIpc) is 2.48. The van der Waals surface area contributed by atoms with Gasteiger partial charge in [-0.25, -0.2) is 0 Å². The standard InChI is InChI=1S/C16H24N2O3/c1-18(2)12-4-11-17-16(19)10-7-14-5-8-15(9-6-14)21-13-20-3/h5-10H,4,11-13H2,1-3H3,(H,17,19)/b10-7+. The highest BCUT2D eigenvalue weighted by molar-refractivity contribution is 5.91. The topological polar surface area (TPSA) is 50.8 Å². The van der Waals surface area contributed by atoms with Gasteiger partial charge in [-0.3, -0.25) is 4.79 Å². The summed E-state index contributed by atoms with van der Waals surface area (Å²) in [6, 6.07) is 7.46. The zero-order valence-corrected chi connectivity index (χ0v) is 13.0. The maximum Gasteiger partial charge on any atom is 0.243 e. The molecule has 1 amide bonds. The lowest BCUT2D eigenvalue weighted by molar-refractivity contribution is -0.116. The smallest absolute Gasteiger partial charge is 0.243 e. The van der Waals surface area contributed by atoms with Gasteiger partial charge in [0.2, 0.25) is 5.91 Å². The Labute approximate surface area is 126 Å². The number of hydrogen-bond acceptors (Lipinski definition) is 4. The minimum absolute atomic E-state index is 0.0755. The highest BCUT2D eigenvalue weighted by atomic mass is 16.7. The van der Waals surface area contributed by atoms with Crippen LogP contribution in [0.3, 0.4) is 0 Å². The van der Waals surface area contributed by atoms with E-state index in [1.807, 2.05) is 38.4 Å². The quantitative estimate of drug-likeness (QED) is 0.428. The molecule has 0 aliphatic rings. The lowest BCUT2D eigenvalue weighted by atomic mass is 10.2. The van der Waals surface area contributed by atoms with Gasteiger partial charge in [0.05, 0.1) is 0 Å². The molecule has 0 saturated heterocycles. The molecule has 0 unspecified atom stereocenters. The number of benzene rings is 1. The number of nitrogens with zero attached hydrogens (tertiary/aromatic N) is 1. The molecule has 1 aromatic rings. The van der Waals surface area contributed by atoms with Crippen LogP contribution in [0.2, 0.25) is 0 Å². The second-order valence-electron chi connectivity index (χ2n) is 4.90. The zero-order chi connectivity index (χ0) is 15.5. The third-order valence-electron chi connectivity index (χ3n) is 2.73. The molecule has 0 aliphatic heterocycles. The van der Waals surface area contributed by atoms with E-state index in [2.05, 4.69) is 10.2 Å². The molecule has 0 spiro atoms. The first kappa shape index (κ1) is 17.2. The van der Waals surface area contributed by atoms with Gasteiger partial charge in [-0.05, 0) is 50.8 Å². The summed E-state index contributed by atoms with van der Waals surface area (Å²) in [5.41, 5.74) is 0.947. The van der Waals surface area contributed by atoms with Gasteiger partial charge in [0.1, 0.15) is 5.75 Å². The zero-order valence-electron chi connectivity index (χ0n) is 13.0. The normalized spacial score (nSPS) is 11.0. The van der Waals surface area contributed by atoms with Gasteiger partial charge in [-0.15, -0.1) is 0 Å². The molecular weight excluding hydrogens is 268 g/mol. The van der Waals surface area contributed by atoms with Crippen LogP contribution < -0.4 is 10.1 Å². The molecule has 0 bridgehead atoms. The van der Waals surface area contributed by atoms with Crippen molar-refractivity contribution in [2.75, 3.05) is 41.1 Å². The van der Waals surface area contributed by atoms with Crippen LogP contribution in [0.5, 0.6) is 5.75 Å². The first-order chi connectivity index (χ1) is 10.1. The van der Waals surface area contributed by atoms with Gasteiger partial charge in [0.15, 0.2) is 6.79 Å². The van der Waals surface area contributed by atoms with Gasteiger partial charge >= 0.3 is 0 Å². The number of carbonyl (C=O) groups excluding carboxylic acids is 1. The Balaban J connectivity index is 2.32. The molecule has 0 aromatic heterocycles. The van der Waals surface area contributed by atoms with E-state index < -0.39 is 0 Å². The second kappa shape index (κ2) is 9.96. The minimum Gasteiger partial charge on any atom is -0.468 e. The predicted molar refractivity (Wildman–Crippen MR) is 84.2 cm³/mol. The van der Waals surface area contributed by atoms with Crippen molar-refractivity contribution >= 4 is 12.0 Å². The second-order valence-corrected chi connectivity index (χ2v) is 4.90. The van der Waals surface area contributed by atoms with E-state index in [9.17, 15) is 4.79 Å². The Morgan fingerprint density at radius 3 is 2.62 bits per heavy atom. The molecule has 0 aliphatic carbocycles. The van der Waals surface area contributed by atoms with Gasteiger partial charge in [0.25, 0.3) is 0 Å². The van der Waals surface area contributed by atoms with E-state index in [4.69, 9.17) is 9.47 Å². The van der Waals surface area contributed by atoms with Gasteiger partial charge in [-0.1, -0.05) is 12.1 Å². The number of carbonyl (C=O) groups is 1. The summed E-state index contributed by atoms with van der Waals surface area (Å²) in [6.07, 6.45) is 4.26. The number of ether oxygens (including phenoxy) is 2. The number of methoxy groups -OCH3 is 1. The molecule has 116 valence electrons. The van der Waals surface area contributed by atoms with Crippen molar-refractivity contribution in [2.24, 2.45) is 0 Å². The van der Waals surface area contributed by atoms with E-state index in [0.717, 1.165) is 24.3 Å². The summed E-state index contributed by atoms with van der Waals surface area (Å²) >= 11 is 0. The van der Waals surface area contributed by atoms with Crippen LogP contribution in [0.1, 0.15) is 12.0 Å². The Morgan fingerprint density at radius 1 is 1.29 bits per heavy atom. The van der Waals surface area contributed by atoms with E-state index in [0.29, 0.717) is 6.54 Å². The molecule has 1 aromatic carbocycles. The van der Waals surface area contributed by atoms with Gasteiger partial charge in [0, 0.05) is 19.7 Å².